The molecule has 186 valence electrons. The molecule has 2 heterocycles. The molecule has 0 saturated heterocycles. The van der Waals surface area contributed by atoms with Gasteiger partial charge in [0.05, 0.1) is 47.8 Å². The van der Waals surface area contributed by atoms with Gasteiger partial charge in [0.1, 0.15) is 5.82 Å². The normalized spacial score (nSPS) is 12.8. The number of amidine groups is 1. The molecule has 38 heavy (non-hydrogen) atoms. The summed E-state index contributed by atoms with van der Waals surface area (Å²) in [6.45, 7) is 1.80. The Morgan fingerprint density at radius 2 is 1.89 bits per heavy atom. The minimum absolute atomic E-state index is 0.0584. The van der Waals surface area contributed by atoms with Crippen LogP contribution in [0.3, 0.4) is 0 Å². The summed E-state index contributed by atoms with van der Waals surface area (Å²) in [5, 5.41) is 13.2. The van der Waals surface area contributed by atoms with Crippen LogP contribution in [0.15, 0.2) is 59.8 Å². The Morgan fingerprint density at radius 1 is 1.18 bits per heavy atom. The van der Waals surface area contributed by atoms with E-state index in [1.165, 1.54) is 24.4 Å². The van der Waals surface area contributed by atoms with Crippen molar-refractivity contribution in [1.82, 2.24) is 25.6 Å². The summed E-state index contributed by atoms with van der Waals surface area (Å²) >= 11 is 0. The number of nitrogens with two attached hydrogens (primary N) is 2. The number of nitrogens with zero attached hydrogens (tertiary/aromatic N) is 4. The number of methoxy groups -OCH3 is 1. The number of aromatic nitrogens is 3. The number of carbonyl (C=O) groups is 1. The molecule has 10 nitrogen and oxygen atoms in total. The number of aromatic amines is 1. The third-order valence-electron chi connectivity index (χ3n) is 5.73. The van der Waals surface area contributed by atoms with Gasteiger partial charge in [0.25, 0.3) is 5.91 Å². The van der Waals surface area contributed by atoms with E-state index in [-0.39, 0.29) is 23.2 Å². The summed E-state index contributed by atoms with van der Waals surface area (Å²) in [6, 6.07) is 12.6. The maximum atomic E-state index is 13.3. The van der Waals surface area contributed by atoms with Gasteiger partial charge in [-0.1, -0.05) is 23.4 Å². The summed E-state index contributed by atoms with van der Waals surface area (Å²) in [6.07, 6.45) is 1.60. The molecule has 4 aromatic rings. The van der Waals surface area contributed by atoms with Crippen molar-refractivity contribution in [2.45, 2.75) is 18.2 Å². The number of benzene rings is 2. The second-order valence-corrected chi connectivity index (χ2v) is 8.59. The predicted octanol–water partition coefficient (Wildman–Crippen LogP) is 1.18. The highest BCUT2D eigenvalue weighted by Crippen LogP contribution is 2.28. The van der Waals surface area contributed by atoms with Crippen LogP contribution in [-0.4, -0.2) is 67.9 Å². The first-order chi connectivity index (χ1) is 18.0. The van der Waals surface area contributed by atoms with Gasteiger partial charge in [-0.15, -0.1) is 5.10 Å². The first kappa shape index (κ1) is 26.7. The van der Waals surface area contributed by atoms with Gasteiger partial charge in [-0.05, 0) is 48.4 Å². The first-order valence-corrected chi connectivity index (χ1v) is 11.3. The molecule has 0 spiro atoms. The van der Waals surface area contributed by atoms with Gasteiger partial charge < -0.3 is 15.8 Å². The lowest BCUT2D eigenvalue weighted by Crippen LogP contribution is -2.50. The molecule has 0 aliphatic carbocycles. The highest BCUT2D eigenvalue weighted by atomic mass is 19.1. The quantitative estimate of drug-likeness (QED) is 0.0923. The largest absolute Gasteiger partial charge is 0.480 e. The van der Waals surface area contributed by atoms with Gasteiger partial charge in [0.15, 0.2) is 11.5 Å². The average molecular weight is 506 g/mol. The second kappa shape index (κ2) is 10.6. The number of hydrazone groups is 1. The van der Waals surface area contributed by atoms with E-state index in [0.717, 1.165) is 11.1 Å². The molecular formula is C24H22B3FN8O2. The fourth-order valence-corrected chi connectivity index (χ4v) is 3.74. The number of halogens is 1. The third-order valence-corrected chi connectivity index (χ3v) is 5.73. The monoisotopic (exact) mass is 506 g/mol. The Balaban J connectivity index is 1.64. The molecule has 0 bridgehead atoms. The zero-order valence-corrected chi connectivity index (χ0v) is 20.6. The third kappa shape index (κ3) is 5.81. The van der Waals surface area contributed by atoms with Crippen molar-refractivity contribution in [1.29, 1.82) is 0 Å². The van der Waals surface area contributed by atoms with Crippen molar-refractivity contribution in [2.24, 2.45) is 16.7 Å². The van der Waals surface area contributed by atoms with E-state index in [0.29, 0.717) is 22.0 Å². The van der Waals surface area contributed by atoms with Gasteiger partial charge in [-0.2, -0.15) is 5.10 Å². The molecule has 0 aliphatic heterocycles. The summed E-state index contributed by atoms with van der Waals surface area (Å²) < 4.78 is 18.6. The molecule has 2 aromatic carbocycles. The van der Waals surface area contributed by atoms with Crippen molar-refractivity contribution in [3.05, 3.63) is 77.4 Å². The van der Waals surface area contributed by atoms with Crippen molar-refractivity contribution < 1.29 is 13.9 Å². The van der Waals surface area contributed by atoms with E-state index < -0.39 is 17.2 Å². The fraction of sp³-hybridized carbons (Fsp3) is 0.167. The molecular weight excluding hydrogens is 484 g/mol. The summed E-state index contributed by atoms with van der Waals surface area (Å²) in [5.41, 5.74) is 9.53. The Labute approximate surface area is 222 Å². The van der Waals surface area contributed by atoms with E-state index in [4.69, 9.17) is 39.9 Å². The minimum Gasteiger partial charge on any atom is -0.480 e. The molecule has 6 radical (unpaired) electrons. The number of ether oxygens (including phenoxy) is 1. The van der Waals surface area contributed by atoms with Crippen LogP contribution in [0.2, 0.25) is 0 Å². The van der Waals surface area contributed by atoms with Gasteiger partial charge in [0.2, 0.25) is 5.88 Å². The van der Waals surface area contributed by atoms with Crippen molar-refractivity contribution in [3.8, 4) is 17.0 Å². The number of hydrazine groups is 1. The summed E-state index contributed by atoms with van der Waals surface area (Å²) in [5.74, 6) is 5.46. The van der Waals surface area contributed by atoms with Crippen LogP contribution in [0.4, 0.5) is 4.39 Å². The Bertz CT molecular complexity index is 1510. The van der Waals surface area contributed by atoms with E-state index in [1.807, 2.05) is 0 Å². The summed E-state index contributed by atoms with van der Waals surface area (Å²) in [7, 11) is 17.8. The number of fused-ring (bicyclic) bond motifs is 1. The number of nitrogens with one attached hydrogen (secondary N) is 2. The van der Waals surface area contributed by atoms with Crippen molar-refractivity contribution in [3.63, 3.8) is 0 Å². The number of H-pyrrole nitrogens is 1. The lowest BCUT2D eigenvalue weighted by atomic mass is 9.49. The summed E-state index contributed by atoms with van der Waals surface area (Å²) in [4.78, 5) is 16.8. The minimum atomic E-state index is -1.88. The van der Waals surface area contributed by atoms with Gasteiger partial charge >= 0.3 is 0 Å². The zero-order chi connectivity index (χ0) is 27.6. The number of pyridine rings is 1. The number of rotatable bonds is 8. The number of carbonyl (C=O) groups excluding carboxylic acids is 1. The second-order valence-electron chi connectivity index (χ2n) is 8.59. The lowest BCUT2D eigenvalue weighted by molar-refractivity contribution is 0.0949. The topological polar surface area (TPSA) is 148 Å². The molecule has 1 unspecified atom stereocenters. The number of amides is 1. The van der Waals surface area contributed by atoms with Crippen molar-refractivity contribution in [2.75, 3.05) is 7.11 Å². The highest BCUT2D eigenvalue weighted by molar-refractivity contribution is 6.60. The number of hydrogen-bond donors (Lipinski definition) is 4. The van der Waals surface area contributed by atoms with Crippen LogP contribution in [-0.2, 0) is 0 Å². The Hall–Kier alpha value is -4.32. The first-order valence-electron chi connectivity index (χ1n) is 11.3. The Kier molecular flexibility index (Phi) is 7.45. The molecule has 1 amide bonds. The van der Waals surface area contributed by atoms with Crippen LogP contribution in [0.25, 0.3) is 22.0 Å². The standard InChI is InChI=1S/C24H22B3FN8O2/c1-12(13-3-6-16(28)7-4-13)36(30)35-21(29)18-9-15(11-31-23(18)38-2)14-5-8-17-19(10-14)33-34-20(17)22(37)32-24(25,26)27/h3-12H,30H2,1-2H3,(H2,29,35)(H,32,37)(H,33,34). The fourth-order valence-electron chi connectivity index (χ4n) is 3.74. The van der Waals surface area contributed by atoms with E-state index >= 15 is 0 Å². The molecule has 6 N–H and O–H groups in total. The van der Waals surface area contributed by atoms with E-state index in [2.05, 4.69) is 25.6 Å². The maximum Gasteiger partial charge on any atom is 0.270 e. The number of hydrogen-bond acceptors (Lipinski definition) is 7. The molecule has 0 aliphatic rings. The van der Waals surface area contributed by atoms with Gasteiger partial charge in [0, 0.05) is 17.1 Å². The molecule has 2 aromatic heterocycles. The van der Waals surface area contributed by atoms with Crippen LogP contribution < -0.4 is 21.6 Å². The average Bonchev–Trinajstić information content (AvgIpc) is 3.31. The van der Waals surface area contributed by atoms with Crippen LogP contribution in [0.5, 0.6) is 5.88 Å². The molecule has 4 rings (SSSR count). The zero-order valence-electron chi connectivity index (χ0n) is 20.6. The van der Waals surface area contributed by atoms with Crippen LogP contribution in [0.1, 0.15) is 34.6 Å². The van der Waals surface area contributed by atoms with Crippen LogP contribution in [0, 0.1) is 5.82 Å². The van der Waals surface area contributed by atoms with Gasteiger partial charge in [-0.25, -0.2) is 20.3 Å². The molecule has 0 fully saturated rings. The van der Waals surface area contributed by atoms with E-state index in [9.17, 15) is 9.18 Å². The highest BCUT2D eigenvalue weighted by Gasteiger charge is 2.20. The predicted molar refractivity (Wildman–Crippen MR) is 145 cm³/mol. The molecule has 0 saturated carbocycles. The Morgan fingerprint density at radius 3 is 2.55 bits per heavy atom. The van der Waals surface area contributed by atoms with Gasteiger partial charge in [-0.3, -0.25) is 9.89 Å². The lowest BCUT2D eigenvalue weighted by Gasteiger charge is -2.22. The maximum absolute atomic E-state index is 13.3. The van der Waals surface area contributed by atoms with Crippen molar-refractivity contribution >= 4 is 46.2 Å². The van der Waals surface area contributed by atoms with Crippen LogP contribution >= 0.6 is 0 Å². The SMILES string of the molecule is [B]C([B])([B])NC(=O)c1n[nH]c2cc(-c3cnc(OC)c(/C(N)=N/N(N)C(C)c4ccc(F)cc4)c3)ccc12. The molecule has 14 heteroatoms. The molecule has 1 atom stereocenters. The van der Waals surface area contributed by atoms with E-state index in [1.54, 1.807) is 49.5 Å². The smallest absolute Gasteiger partial charge is 0.270 e.